The molecule has 2 nitrogen and oxygen atoms in total. The maximum absolute atomic E-state index is 13.6. The standard InChI is InChI=1S/C14H18F4N2/c1-8-5-13(11(9(2)19)6-12(8)15)20(10-3-4-10)7-14(16,17)18/h5-6,9-10H,3-4,7,19H2,1-2H3/t9-/m1/s1. The topological polar surface area (TPSA) is 29.3 Å². The number of halogens is 4. The Morgan fingerprint density at radius 3 is 2.40 bits per heavy atom. The summed E-state index contributed by atoms with van der Waals surface area (Å²) in [4.78, 5) is 1.31. The van der Waals surface area contributed by atoms with Gasteiger partial charge in [0.1, 0.15) is 12.4 Å². The first kappa shape index (κ1) is 15.1. The van der Waals surface area contributed by atoms with E-state index in [9.17, 15) is 17.6 Å². The summed E-state index contributed by atoms with van der Waals surface area (Å²) >= 11 is 0. The van der Waals surface area contributed by atoms with Gasteiger partial charge in [-0.1, -0.05) is 0 Å². The van der Waals surface area contributed by atoms with Gasteiger partial charge in [-0.25, -0.2) is 4.39 Å². The molecule has 1 saturated carbocycles. The van der Waals surface area contributed by atoms with Crippen molar-refractivity contribution in [3.63, 3.8) is 0 Å². The van der Waals surface area contributed by atoms with E-state index >= 15 is 0 Å². The number of rotatable bonds is 4. The van der Waals surface area contributed by atoms with Crippen LogP contribution in [0.25, 0.3) is 0 Å². The highest BCUT2D eigenvalue weighted by Crippen LogP contribution is 2.38. The van der Waals surface area contributed by atoms with Crippen LogP contribution in [0.5, 0.6) is 0 Å². The quantitative estimate of drug-likeness (QED) is 0.857. The molecule has 2 N–H and O–H groups in total. The molecule has 1 aromatic rings. The molecule has 0 aliphatic heterocycles. The Labute approximate surface area is 115 Å². The second-order valence-electron chi connectivity index (χ2n) is 5.42. The Morgan fingerprint density at radius 2 is 1.95 bits per heavy atom. The summed E-state index contributed by atoms with van der Waals surface area (Å²) in [6.07, 6.45) is -2.84. The van der Waals surface area contributed by atoms with Crippen molar-refractivity contribution in [1.82, 2.24) is 0 Å². The SMILES string of the molecule is Cc1cc(N(CC(F)(F)F)C2CC2)c([C@@H](C)N)cc1F. The van der Waals surface area contributed by atoms with Crippen molar-refractivity contribution in [2.45, 2.75) is 44.9 Å². The molecule has 1 fully saturated rings. The van der Waals surface area contributed by atoms with Crippen molar-refractivity contribution < 1.29 is 17.6 Å². The van der Waals surface area contributed by atoms with Crippen LogP contribution in [-0.2, 0) is 0 Å². The second-order valence-corrected chi connectivity index (χ2v) is 5.42. The van der Waals surface area contributed by atoms with Crippen LogP contribution in [-0.4, -0.2) is 18.8 Å². The lowest BCUT2D eigenvalue weighted by Crippen LogP contribution is -2.37. The highest BCUT2D eigenvalue weighted by Gasteiger charge is 2.39. The summed E-state index contributed by atoms with van der Waals surface area (Å²) in [6, 6.07) is 2.08. The Kier molecular flexibility index (Phi) is 3.95. The van der Waals surface area contributed by atoms with Gasteiger partial charge in [-0.05, 0) is 49.9 Å². The molecule has 1 aliphatic rings. The first-order valence-electron chi connectivity index (χ1n) is 6.58. The van der Waals surface area contributed by atoms with Crippen LogP contribution >= 0.6 is 0 Å². The van der Waals surface area contributed by atoms with E-state index in [4.69, 9.17) is 5.73 Å². The lowest BCUT2D eigenvalue weighted by molar-refractivity contribution is -0.120. The van der Waals surface area contributed by atoms with Crippen molar-refractivity contribution in [2.75, 3.05) is 11.4 Å². The molecule has 6 heteroatoms. The third-order valence-corrected chi connectivity index (χ3v) is 3.45. The number of benzene rings is 1. The zero-order valence-corrected chi connectivity index (χ0v) is 11.5. The predicted molar refractivity (Wildman–Crippen MR) is 70.2 cm³/mol. The third kappa shape index (κ3) is 3.42. The zero-order chi connectivity index (χ0) is 15.1. The van der Waals surface area contributed by atoms with Gasteiger partial charge >= 0.3 is 6.18 Å². The Hall–Kier alpha value is -1.30. The van der Waals surface area contributed by atoms with Crippen LogP contribution < -0.4 is 10.6 Å². The molecule has 112 valence electrons. The molecular weight excluding hydrogens is 272 g/mol. The van der Waals surface area contributed by atoms with E-state index in [0.717, 1.165) is 12.8 Å². The van der Waals surface area contributed by atoms with Crippen LogP contribution in [0, 0.1) is 12.7 Å². The normalized spacial score (nSPS) is 17.1. The molecule has 0 aromatic heterocycles. The molecule has 0 saturated heterocycles. The second kappa shape index (κ2) is 5.24. The van der Waals surface area contributed by atoms with Gasteiger partial charge in [0.05, 0.1) is 0 Å². The molecule has 0 bridgehead atoms. The minimum absolute atomic E-state index is 0.126. The van der Waals surface area contributed by atoms with E-state index in [2.05, 4.69) is 0 Å². The lowest BCUT2D eigenvalue weighted by atomic mass is 10.0. The number of aryl methyl sites for hydroxylation is 1. The molecular formula is C14H18F4N2. The Morgan fingerprint density at radius 1 is 1.35 bits per heavy atom. The van der Waals surface area contributed by atoms with Crippen molar-refractivity contribution in [3.05, 3.63) is 29.1 Å². The van der Waals surface area contributed by atoms with E-state index in [-0.39, 0.29) is 6.04 Å². The zero-order valence-electron chi connectivity index (χ0n) is 11.5. The van der Waals surface area contributed by atoms with Crippen LogP contribution in [0.15, 0.2) is 12.1 Å². The summed E-state index contributed by atoms with van der Waals surface area (Å²) in [5.41, 5.74) is 6.93. The molecule has 2 rings (SSSR count). The molecule has 0 unspecified atom stereocenters. The van der Waals surface area contributed by atoms with Gasteiger partial charge in [0.25, 0.3) is 0 Å². The average Bonchev–Trinajstić information content (AvgIpc) is 3.11. The minimum atomic E-state index is -4.29. The fraction of sp³-hybridized carbons (Fsp3) is 0.571. The van der Waals surface area contributed by atoms with Crippen molar-refractivity contribution >= 4 is 5.69 Å². The Balaban J connectivity index is 2.44. The van der Waals surface area contributed by atoms with Gasteiger partial charge in [0.15, 0.2) is 0 Å². The molecule has 0 heterocycles. The van der Waals surface area contributed by atoms with Gasteiger partial charge in [0.2, 0.25) is 0 Å². The molecule has 0 radical (unpaired) electrons. The van der Waals surface area contributed by atoms with Crippen LogP contribution in [0.4, 0.5) is 23.2 Å². The van der Waals surface area contributed by atoms with E-state index in [0.29, 0.717) is 16.8 Å². The highest BCUT2D eigenvalue weighted by molar-refractivity contribution is 5.58. The maximum Gasteiger partial charge on any atom is 0.405 e. The number of anilines is 1. The largest absolute Gasteiger partial charge is 0.405 e. The van der Waals surface area contributed by atoms with E-state index in [1.807, 2.05) is 0 Å². The summed E-state index contributed by atoms with van der Waals surface area (Å²) in [6.45, 7) is 2.16. The maximum atomic E-state index is 13.6. The van der Waals surface area contributed by atoms with Crippen molar-refractivity contribution in [2.24, 2.45) is 5.73 Å². The van der Waals surface area contributed by atoms with Crippen LogP contribution in [0.2, 0.25) is 0 Å². The molecule has 0 spiro atoms. The minimum Gasteiger partial charge on any atom is -0.359 e. The number of hydrogen-bond acceptors (Lipinski definition) is 2. The monoisotopic (exact) mass is 290 g/mol. The predicted octanol–water partition coefficient (Wildman–Crippen LogP) is 3.68. The third-order valence-electron chi connectivity index (χ3n) is 3.45. The molecule has 1 atom stereocenters. The average molecular weight is 290 g/mol. The fourth-order valence-electron chi connectivity index (χ4n) is 2.29. The number of alkyl halides is 3. The smallest absolute Gasteiger partial charge is 0.359 e. The van der Waals surface area contributed by atoms with Crippen molar-refractivity contribution in [1.29, 1.82) is 0 Å². The van der Waals surface area contributed by atoms with Gasteiger partial charge in [-0.2, -0.15) is 13.2 Å². The van der Waals surface area contributed by atoms with Gasteiger partial charge in [-0.3, -0.25) is 0 Å². The summed E-state index contributed by atoms with van der Waals surface area (Å²) < 4.78 is 51.9. The van der Waals surface area contributed by atoms with E-state index in [1.165, 1.54) is 17.0 Å². The molecule has 0 amide bonds. The highest BCUT2D eigenvalue weighted by atomic mass is 19.4. The number of nitrogens with zero attached hydrogens (tertiary/aromatic N) is 1. The summed E-state index contributed by atoms with van der Waals surface area (Å²) in [5.74, 6) is -0.441. The van der Waals surface area contributed by atoms with Gasteiger partial charge < -0.3 is 10.6 Å². The summed E-state index contributed by atoms with van der Waals surface area (Å²) in [7, 11) is 0. The van der Waals surface area contributed by atoms with Crippen molar-refractivity contribution in [3.8, 4) is 0 Å². The first-order chi connectivity index (χ1) is 9.19. The van der Waals surface area contributed by atoms with E-state index < -0.39 is 24.6 Å². The van der Waals surface area contributed by atoms with Gasteiger partial charge in [-0.15, -0.1) is 0 Å². The Bertz CT molecular complexity index is 493. The summed E-state index contributed by atoms with van der Waals surface area (Å²) in [5, 5.41) is 0. The number of hydrogen-bond donors (Lipinski definition) is 1. The number of nitrogens with two attached hydrogens (primary N) is 1. The van der Waals surface area contributed by atoms with Crippen LogP contribution in [0.1, 0.15) is 36.9 Å². The first-order valence-corrected chi connectivity index (χ1v) is 6.58. The molecule has 1 aromatic carbocycles. The van der Waals surface area contributed by atoms with Crippen LogP contribution in [0.3, 0.4) is 0 Å². The lowest BCUT2D eigenvalue weighted by Gasteiger charge is -2.29. The fourth-order valence-corrected chi connectivity index (χ4v) is 2.29. The van der Waals surface area contributed by atoms with E-state index in [1.54, 1.807) is 13.8 Å². The molecule has 1 aliphatic carbocycles. The van der Waals surface area contributed by atoms with Gasteiger partial charge in [0, 0.05) is 17.8 Å². The molecule has 20 heavy (non-hydrogen) atoms.